The molecule has 1 aliphatic heterocycles. The smallest absolute Gasteiger partial charge is 0.257 e. The molecule has 92 valence electrons. The third-order valence-corrected chi connectivity index (χ3v) is 3.82. The Morgan fingerprint density at radius 3 is 2.56 bits per heavy atom. The zero-order valence-corrected chi connectivity index (χ0v) is 10.7. The van der Waals surface area contributed by atoms with Gasteiger partial charge in [0.2, 0.25) is 0 Å². The Morgan fingerprint density at radius 2 is 1.94 bits per heavy atom. The molecule has 0 bridgehead atoms. The number of carbonyl (C=O) groups excluding carboxylic acids is 1. The number of amides is 1. The Hall–Kier alpha value is 0.01000. The lowest BCUT2D eigenvalue weighted by molar-refractivity contribution is -0.137. The largest absolute Gasteiger partial charge is 0.356 e. The molecule has 2 aliphatic rings. The lowest BCUT2D eigenvalue weighted by Gasteiger charge is -2.32. The van der Waals surface area contributed by atoms with Crippen LogP contribution >= 0.6 is 23.2 Å². The van der Waals surface area contributed by atoms with Crippen LogP contribution in [-0.2, 0) is 9.53 Å². The molecule has 0 radical (unpaired) electrons. The standard InChI is InChI=1S/C11H17Cl2NO2/c12-9(13)10(15)14-6-7-16-11(14)8-4-2-1-3-5-8/h8-9,11H,1-7H2. The maximum Gasteiger partial charge on any atom is 0.257 e. The van der Waals surface area contributed by atoms with E-state index in [1.165, 1.54) is 19.3 Å². The van der Waals surface area contributed by atoms with Crippen molar-refractivity contribution in [2.45, 2.75) is 43.2 Å². The van der Waals surface area contributed by atoms with Gasteiger partial charge in [0.15, 0.2) is 4.84 Å². The highest BCUT2D eigenvalue weighted by Crippen LogP contribution is 2.32. The van der Waals surface area contributed by atoms with Crippen LogP contribution in [0.4, 0.5) is 0 Å². The average Bonchev–Trinajstić information content (AvgIpc) is 2.77. The van der Waals surface area contributed by atoms with E-state index >= 15 is 0 Å². The van der Waals surface area contributed by atoms with Crippen molar-refractivity contribution in [1.29, 1.82) is 0 Å². The molecule has 16 heavy (non-hydrogen) atoms. The highest BCUT2D eigenvalue weighted by Gasteiger charge is 2.37. The molecule has 3 nitrogen and oxygen atoms in total. The van der Waals surface area contributed by atoms with Gasteiger partial charge in [0.1, 0.15) is 6.23 Å². The second-order valence-electron chi connectivity index (χ2n) is 4.49. The van der Waals surface area contributed by atoms with Crippen LogP contribution in [0.1, 0.15) is 32.1 Å². The monoisotopic (exact) mass is 265 g/mol. The van der Waals surface area contributed by atoms with Crippen molar-refractivity contribution >= 4 is 29.1 Å². The fraction of sp³-hybridized carbons (Fsp3) is 0.909. The normalized spacial score (nSPS) is 27.7. The molecule has 1 saturated carbocycles. The van der Waals surface area contributed by atoms with Crippen LogP contribution in [0.3, 0.4) is 0 Å². The van der Waals surface area contributed by atoms with E-state index in [2.05, 4.69) is 0 Å². The summed E-state index contributed by atoms with van der Waals surface area (Å²) < 4.78 is 5.66. The second-order valence-corrected chi connectivity index (χ2v) is 5.59. The van der Waals surface area contributed by atoms with E-state index in [1.54, 1.807) is 4.90 Å². The number of rotatable bonds is 2. The number of carbonyl (C=O) groups is 1. The number of halogens is 2. The van der Waals surface area contributed by atoms with E-state index in [4.69, 9.17) is 27.9 Å². The van der Waals surface area contributed by atoms with E-state index in [0.29, 0.717) is 19.1 Å². The van der Waals surface area contributed by atoms with E-state index in [9.17, 15) is 4.79 Å². The van der Waals surface area contributed by atoms with Gasteiger partial charge in [-0.2, -0.15) is 0 Å². The first-order chi connectivity index (χ1) is 7.70. The van der Waals surface area contributed by atoms with Crippen LogP contribution in [0.25, 0.3) is 0 Å². The van der Waals surface area contributed by atoms with Gasteiger partial charge in [0.25, 0.3) is 5.91 Å². The van der Waals surface area contributed by atoms with Crippen molar-refractivity contribution in [3.63, 3.8) is 0 Å². The zero-order valence-electron chi connectivity index (χ0n) is 9.20. The predicted octanol–water partition coefficient (Wildman–Crippen LogP) is 2.56. The molecule has 1 aliphatic carbocycles. The van der Waals surface area contributed by atoms with E-state index in [-0.39, 0.29) is 12.1 Å². The molecular weight excluding hydrogens is 249 g/mol. The fourth-order valence-corrected chi connectivity index (χ4v) is 2.91. The third kappa shape index (κ3) is 2.63. The van der Waals surface area contributed by atoms with Gasteiger partial charge >= 0.3 is 0 Å². The van der Waals surface area contributed by atoms with Gasteiger partial charge in [-0.05, 0) is 12.8 Å². The van der Waals surface area contributed by atoms with Gasteiger partial charge in [-0.25, -0.2) is 0 Å². The highest BCUT2D eigenvalue weighted by molar-refractivity contribution is 6.53. The highest BCUT2D eigenvalue weighted by atomic mass is 35.5. The van der Waals surface area contributed by atoms with Crippen LogP contribution < -0.4 is 0 Å². The molecule has 1 heterocycles. The summed E-state index contributed by atoms with van der Waals surface area (Å²) in [5.74, 6) is 0.253. The first-order valence-corrected chi connectivity index (χ1v) is 6.77. The molecule has 0 aromatic rings. The minimum atomic E-state index is -0.965. The van der Waals surface area contributed by atoms with Gasteiger partial charge in [0, 0.05) is 12.5 Å². The lowest BCUT2D eigenvalue weighted by atomic mass is 9.87. The van der Waals surface area contributed by atoms with Gasteiger partial charge < -0.3 is 9.64 Å². The van der Waals surface area contributed by atoms with Crippen LogP contribution in [-0.4, -0.2) is 35.0 Å². The number of hydrogen-bond donors (Lipinski definition) is 0. The number of ether oxygens (including phenoxy) is 1. The first-order valence-electron chi connectivity index (χ1n) is 5.90. The second kappa shape index (κ2) is 5.56. The van der Waals surface area contributed by atoms with Crippen LogP contribution in [0.2, 0.25) is 0 Å². The molecule has 1 unspecified atom stereocenters. The van der Waals surface area contributed by atoms with Gasteiger partial charge in [0.05, 0.1) is 6.61 Å². The Kier molecular flexibility index (Phi) is 4.34. The van der Waals surface area contributed by atoms with Crippen LogP contribution in [0.5, 0.6) is 0 Å². The summed E-state index contributed by atoms with van der Waals surface area (Å²) in [6.07, 6.45) is 5.96. The lowest BCUT2D eigenvalue weighted by Crippen LogP contribution is -2.43. The van der Waals surface area contributed by atoms with Crippen LogP contribution in [0.15, 0.2) is 0 Å². The maximum atomic E-state index is 11.8. The minimum Gasteiger partial charge on any atom is -0.356 e. The molecule has 1 atom stereocenters. The summed E-state index contributed by atoms with van der Waals surface area (Å²) in [5, 5.41) is 0. The Bertz CT molecular complexity index is 254. The number of nitrogens with zero attached hydrogens (tertiary/aromatic N) is 1. The molecule has 1 saturated heterocycles. The summed E-state index contributed by atoms with van der Waals surface area (Å²) >= 11 is 11.3. The zero-order chi connectivity index (χ0) is 11.5. The average molecular weight is 266 g/mol. The summed E-state index contributed by atoms with van der Waals surface area (Å²) in [5.41, 5.74) is 0. The van der Waals surface area contributed by atoms with Crippen LogP contribution in [0, 0.1) is 5.92 Å². The minimum absolute atomic E-state index is 0.0900. The fourth-order valence-electron chi connectivity index (χ4n) is 2.66. The van der Waals surface area contributed by atoms with Gasteiger partial charge in [-0.3, -0.25) is 4.79 Å². The Morgan fingerprint density at radius 1 is 1.25 bits per heavy atom. The topological polar surface area (TPSA) is 29.5 Å². The van der Waals surface area contributed by atoms with E-state index in [0.717, 1.165) is 12.8 Å². The molecule has 1 amide bonds. The molecular formula is C11H17Cl2NO2. The van der Waals surface area contributed by atoms with Gasteiger partial charge in [-0.1, -0.05) is 42.5 Å². The molecule has 2 rings (SSSR count). The van der Waals surface area contributed by atoms with Crippen molar-refractivity contribution in [2.24, 2.45) is 5.92 Å². The summed E-state index contributed by atoms with van der Waals surface area (Å²) in [7, 11) is 0. The molecule has 0 N–H and O–H groups in total. The molecule has 0 aromatic carbocycles. The summed E-state index contributed by atoms with van der Waals surface area (Å²) in [4.78, 5) is 12.5. The first kappa shape index (κ1) is 12.5. The van der Waals surface area contributed by atoms with Gasteiger partial charge in [-0.15, -0.1) is 0 Å². The maximum absolute atomic E-state index is 11.8. The molecule has 0 aromatic heterocycles. The molecule has 2 fully saturated rings. The van der Waals surface area contributed by atoms with Crippen molar-refractivity contribution < 1.29 is 9.53 Å². The summed E-state index contributed by atoms with van der Waals surface area (Å²) in [6, 6.07) is 0. The Balaban J connectivity index is 1.99. The molecule has 5 heteroatoms. The van der Waals surface area contributed by atoms with Crippen molar-refractivity contribution in [3.05, 3.63) is 0 Å². The predicted molar refractivity (Wildman–Crippen MR) is 63.5 cm³/mol. The quantitative estimate of drug-likeness (QED) is 0.719. The van der Waals surface area contributed by atoms with Crippen molar-refractivity contribution in [1.82, 2.24) is 4.90 Å². The van der Waals surface area contributed by atoms with Crippen molar-refractivity contribution in [3.8, 4) is 0 Å². The Labute approximate surface area is 106 Å². The molecule has 0 spiro atoms. The summed E-state index contributed by atoms with van der Waals surface area (Å²) in [6.45, 7) is 1.23. The number of hydrogen-bond acceptors (Lipinski definition) is 2. The van der Waals surface area contributed by atoms with Crippen molar-refractivity contribution in [2.75, 3.05) is 13.2 Å². The number of alkyl halides is 2. The van der Waals surface area contributed by atoms with E-state index in [1.807, 2.05) is 0 Å². The van der Waals surface area contributed by atoms with E-state index < -0.39 is 4.84 Å². The third-order valence-electron chi connectivity index (χ3n) is 3.45. The SMILES string of the molecule is O=C(C(Cl)Cl)N1CCOC1C1CCCCC1.